The van der Waals surface area contributed by atoms with Gasteiger partial charge in [-0.25, -0.2) is 0 Å². The van der Waals surface area contributed by atoms with E-state index in [2.05, 4.69) is 130 Å². The van der Waals surface area contributed by atoms with Crippen molar-refractivity contribution in [3.05, 3.63) is 109 Å². The third kappa shape index (κ3) is 58.8. The number of hydrogen-bond acceptors (Lipinski definition) is 6. The zero-order chi connectivity index (χ0) is 52.9. The molecule has 0 aromatic rings. The summed E-state index contributed by atoms with van der Waals surface area (Å²) >= 11 is 0. The van der Waals surface area contributed by atoms with Gasteiger partial charge >= 0.3 is 17.9 Å². The number of ether oxygens (including phenoxy) is 3. The van der Waals surface area contributed by atoms with Crippen LogP contribution in [0.4, 0.5) is 0 Å². The van der Waals surface area contributed by atoms with Crippen LogP contribution in [-0.2, 0) is 28.6 Å². The monoisotopic (exact) mass is 1010 g/mol. The number of esters is 3. The molecular weight excluding hydrogens is 901 g/mol. The van der Waals surface area contributed by atoms with Gasteiger partial charge in [0.05, 0.1) is 0 Å². The summed E-state index contributed by atoms with van der Waals surface area (Å²) in [6.45, 7) is 6.52. The van der Waals surface area contributed by atoms with Crippen molar-refractivity contribution < 1.29 is 28.6 Å². The van der Waals surface area contributed by atoms with Gasteiger partial charge in [-0.3, -0.25) is 14.4 Å². The molecule has 0 spiro atoms. The predicted molar refractivity (Wildman–Crippen MR) is 316 cm³/mol. The SMILES string of the molecule is CCCCC/C=C/C/C=C/C/C=C/C/C=C/CCCCCC(=O)OC[C@@H](COC(=O)CCCCCC/C=C/C/C=C/C/C=C/CCCCC)OC(=O)CCCCCCCCCCC/C=C/C/C=C/CCCCC. The quantitative estimate of drug-likeness (QED) is 0.0261. The molecule has 0 N–H and O–H groups in total. The Balaban J connectivity index is 4.50. The molecule has 416 valence electrons. The van der Waals surface area contributed by atoms with Crippen LogP contribution in [0.2, 0.25) is 0 Å². The molecule has 0 saturated carbocycles. The molecule has 0 fully saturated rings. The Morgan fingerprint density at radius 3 is 0.781 bits per heavy atom. The Kier molecular flexibility index (Phi) is 57.4. The second kappa shape index (κ2) is 60.6. The van der Waals surface area contributed by atoms with Crippen molar-refractivity contribution in [3.8, 4) is 0 Å². The van der Waals surface area contributed by atoms with Crippen molar-refractivity contribution in [1.29, 1.82) is 0 Å². The van der Waals surface area contributed by atoms with Gasteiger partial charge in [-0.05, 0) is 135 Å². The molecule has 0 aromatic carbocycles. The van der Waals surface area contributed by atoms with E-state index in [-0.39, 0.29) is 31.1 Å². The van der Waals surface area contributed by atoms with Gasteiger partial charge in [-0.15, -0.1) is 0 Å². The molecule has 6 nitrogen and oxygen atoms in total. The fourth-order valence-corrected chi connectivity index (χ4v) is 8.11. The topological polar surface area (TPSA) is 78.9 Å². The molecular formula is C67H112O6. The van der Waals surface area contributed by atoms with Gasteiger partial charge in [0.1, 0.15) is 13.2 Å². The average molecular weight is 1010 g/mol. The van der Waals surface area contributed by atoms with Crippen LogP contribution in [0.25, 0.3) is 0 Å². The second-order valence-corrected chi connectivity index (χ2v) is 19.9. The van der Waals surface area contributed by atoms with Gasteiger partial charge in [-0.1, -0.05) is 233 Å². The smallest absolute Gasteiger partial charge is 0.306 e. The van der Waals surface area contributed by atoms with Crippen molar-refractivity contribution in [2.45, 2.75) is 284 Å². The molecule has 0 aliphatic heterocycles. The van der Waals surface area contributed by atoms with E-state index < -0.39 is 6.10 Å². The minimum Gasteiger partial charge on any atom is -0.462 e. The molecule has 6 heteroatoms. The van der Waals surface area contributed by atoms with Crippen LogP contribution in [0.15, 0.2) is 109 Å². The Morgan fingerprint density at radius 2 is 0.493 bits per heavy atom. The van der Waals surface area contributed by atoms with E-state index in [4.69, 9.17) is 14.2 Å². The van der Waals surface area contributed by atoms with E-state index in [0.29, 0.717) is 19.3 Å². The van der Waals surface area contributed by atoms with Crippen LogP contribution in [0.1, 0.15) is 278 Å². The maximum atomic E-state index is 12.9. The van der Waals surface area contributed by atoms with Gasteiger partial charge in [0.15, 0.2) is 6.10 Å². The van der Waals surface area contributed by atoms with Crippen LogP contribution in [0.3, 0.4) is 0 Å². The number of carbonyl (C=O) groups excluding carboxylic acids is 3. The molecule has 0 bridgehead atoms. The highest BCUT2D eigenvalue weighted by Crippen LogP contribution is 2.14. The Bertz CT molecular complexity index is 1490. The minimum absolute atomic E-state index is 0.103. The zero-order valence-corrected chi connectivity index (χ0v) is 47.6. The highest BCUT2D eigenvalue weighted by Gasteiger charge is 2.19. The molecule has 0 rings (SSSR count). The number of allylic oxidation sites excluding steroid dienone is 18. The number of unbranched alkanes of at least 4 members (excludes halogenated alkanes) is 25. The lowest BCUT2D eigenvalue weighted by molar-refractivity contribution is -0.167. The van der Waals surface area contributed by atoms with Crippen molar-refractivity contribution >= 4 is 17.9 Å². The maximum absolute atomic E-state index is 12.9. The molecule has 0 radical (unpaired) electrons. The van der Waals surface area contributed by atoms with Crippen molar-refractivity contribution in [3.63, 3.8) is 0 Å². The fourth-order valence-electron chi connectivity index (χ4n) is 8.11. The summed E-state index contributed by atoms with van der Waals surface area (Å²) < 4.78 is 16.9. The van der Waals surface area contributed by atoms with Crippen LogP contribution in [0, 0.1) is 0 Å². The van der Waals surface area contributed by atoms with Crippen molar-refractivity contribution in [1.82, 2.24) is 0 Å². The number of carbonyl (C=O) groups is 3. The van der Waals surface area contributed by atoms with E-state index in [1.807, 2.05) is 0 Å². The fraction of sp³-hybridized carbons (Fsp3) is 0.687. The van der Waals surface area contributed by atoms with Gasteiger partial charge in [-0.2, -0.15) is 0 Å². The number of rotatable bonds is 54. The van der Waals surface area contributed by atoms with Gasteiger partial charge < -0.3 is 14.2 Å². The van der Waals surface area contributed by atoms with E-state index >= 15 is 0 Å². The average Bonchev–Trinajstić information content (AvgIpc) is 3.39. The first kappa shape index (κ1) is 69.1. The molecule has 0 heterocycles. The molecule has 73 heavy (non-hydrogen) atoms. The Labute approximate surface area is 450 Å². The summed E-state index contributed by atoms with van der Waals surface area (Å²) in [5.41, 5.74) is 0. The van der Waals surface area contributed by atoms with Crippen molar-refractivity contribution in [2.75, 3.05) is 13.2 Å². The summed E-state index contributed by atoms with van der Waals surface area (Å²) in [5.74, 6) is -0.954. The summed E-state index contributed by atoms with van der Waals surface area (Å²) in [6.07, 6.45) is 82.1. The second-order valence-electron chi connectivity index (χ2n) is 19.9. The summed E-state index contributed by atoms with van der Waals surface area (Å²) in [7, 11) is 0. The molecule has 0 amide bonds. The van der Waals surface area contributed by atoms with Gasteiger partial charge in [0.25, 0.3) is 0 Å². The molecule has 1 atom stereocenters. The van der Waals surface area contributed by atoms with E-state index in [9.17, 15) is 14.4 Å². The van der Waals surface area contributed by atoms with Crippen LogP contribution in [-0.4, -0.2) is 37.2 Å². The standard InChI is InChI=1S/C67H112O6/c1-4-7-10-13-16-19-22-25-28-31-33-36-39-42-45-48-51-54-57-60-66(69)72-63-64(62-71-65(68)59-56-53-50-47-44-41-38-35-30-27-24-21-18-15-12-9-6-3)73-67(70)61-58-55-52-49-46-43-40-37-34-32-29-26-23-20-17-14-11-8-5-2/h16-21,25-30,33,36,38,41-42,45,64H,4-15,22-24,31-32,34-35,37,39-40,43-44,46-63H2,1-3H3/b19-16+,20-17+,21-18+,28-25+,29-26+,30-27+,36-33+,41-38+,45-42+/t64-/m1/s1. The molecule has 0 aliphatic rings. The highest BCUT2D eigenvalue weighted by molar-refractivity contribution is 5.71. The lowest BCUT2D eigenvalue weighted by Crippen LogP contribution is -2.30. The molecule has 0 unspecified atom stereocenters. The third-order valence-corrected chi connectivity index (χ3v) is 12.7. The predicted octanol–water partition coefficient (Wildman–Crippen LogP) is 20.7. The van der Waals surface area contributed by atoms with Gasteiger partial charge in [0, 0.05) is 19.3 Å². The first-order valence-corrected chi connectivity index (χ1v) is 30.4. The lowest BCUT2D eigenvalue weighted by atomic mass is 10.1. The first-order chi connectivity index (χ1) is 36.0. The van der Waals surface area contributed by atoms with Crippen molar-refractivity contribution in [2.24, 2.45) is 0 Å². The zero-order valence-electron chi connectivity index (χ0n) is 47.6. The van der Waals surface area contributed by atoms with Gasteiger partial charge in [0.2, 0.25) is 0 Å². The number of hydrogen-bond donors (Lipinski definition) is 0. The largest absolute Gasteiger partial charge is 0.462 e. The maximum Gasteiger partial charge on any atom is 0.306 e. The minimum atomic E-state index is -0.806. The first-order valence-electron chi connectivity index (χ1n) is 30.4. The van der Waals surface area contributed by atoms with Crippen LogP contribution < -0.4 is 0 Å². The normalized spacial score (nSPS) is 12.9. The third-order valence-electron chi connectivity index (χ3n) is 12.7. The van der Waals surface area contributed by atoms with Crippen LogP contribution >= 0.6 is 0 Å². The lowest BCUT2D eigenvalue weighted by Gasteiger charge is -2.18. The van der Waals surface area contributed by atoms with Crippen LogP contribution in [0.5, 0.6) is 0 Å². The molecule has 0 saturated heterocycles. The van der Waals surface area contributed by atoms with E-state index in [0.717, 1.165) is 116 Å². The van der Waals surface area contributed by atoms with E-state index in [1.165, 1.54) is 122 Å². The summed E-state index contributed by atoms with van der Waals surface area (Å²) in [5, 5.41) is 0. The van der Waals surface area contributed by atoms with E-state index in [1.54, 1.807) is 0 Å². The Morgan fingerprint density at radius 1 is 0.274 bits per heavy atom. The Hall–Kier alpha value is -3.93. The highest BCUT2D eigenvalue weighted by atomic mass is 16.6. The summed E-state index contributed by atoms with van der Waals surface area (Å²) in [4.78, 5) is 38.3. The molecule has 0 aromatic heterocycles. The summed E-state index contributed by atoms with van der Waals surface area (Å²) in [6, 6.07) is 0. The molecule has 0 aliphatic carbocycles.